The van der Waals surface area contributed by atoms with E-state index in [0.29, 0.717) is 12.7 Å². The van der Waals surface area contributed by atoms with Gasteiger partial charge >= 0.3 is 6.18 Å². The molecule has 1 saturated heterocycles. The zero-order chi connectivity index (χ0) is 9.90. The highest BCUT2D eigenvalue weighted by Gasteiger charge is 2.45. The molecule has 2 atom stereocenters. The molecular weight excluding hydrogens is 197 g/mol. The van der Waals surface area contributed by atoms with E-state index >= 15 is 0 Å². The van der Waals surface area contributed by atoms with E-state index in [-0.39, 0.29) is 6.42 Å². The molecule has 1 fully saturated rings. The van der Waals surface area contributed by atoms with Crippen LogP contribution in [0, 0.1) is 0 Å². The van der Waals surface area contributed by atoms with E-state index in [1.54, 1.807) is 6.92 Å². The van der Waals surface area contributed by atoms with Crippen molar-refractivity contribution in [3.05, 3.63) is 0 Å². The second-order valence-electron chi connectivity index (χ2n) is 3.46. The maximum absolute atomic E-state index is 12.5. The first-order valence-corrected chi connectivity index (χ1v) is 6.69. The van der Waals surface area contributed by atoms with Crippen molar-refractivity contribution in [1.29, 1.82) is 0 Å². The van der Waals surface area contributed by atoms with E-state index < -0.39 is 20.8 Å². The fourth-order valence-corrected chi connectivity index (χ4v) is 4.70. The van der Waals surface area contributed by atoms with Gasteiger partial charge in [0, 0.05) is 6.61 Å². The first kappa shape index (κ1) is 11.0. The zero-order valence-corrected chi connectivity index (χ0v) is 8.89. The molecule has 5 heteroatoms. The number of rotatable bonds is 2. The summed E-state index contributed by atoms with van der Waals surface area (Å²) in [7, 11) is -1.99. The van der Waals surface area contributed by atoms with Gasteiger partial charge in [-0.05, 0) is 18.9 Å². The molecule has 1 rings (SSSR count). The van der Waals surface area contributed by atoms with Gasteiger partial charge in [-0.15, -0.1) is 0 Å². The van der Waals surface area contributed by atoms with Crippen LogP contribution >= 0.6 is 0 Å². The first-order valence-electron chi connectivity index (χ1n) is 4.74. The van der Waals surface area contributed by atoms with Crippen molar-refractivity contribution in [3.8, 4) is 0 Å². The highest BCUT2D eigenvalue weighted by Crippen LogP contribution is 2.39. The minimum absolute atomic E-state index is 0.181. The summed E-state index contributed by atoms with van der Waals surface area (Å²) in [5.74, 6) is 0. The molecule has 1 aliphatic rings. The number of halogens is 3. The minimum atomic E-state index is -4.04. The van der Waals surface area contributed by atoms with Crippen LogP contribution in [0.5, 0.6) is 0 Å². The van der Waals surface area contributed by atoms with Gasteiger partial charge in [-0.25, -0.2) is 0 Å². The lowest BCUT2D eigenvalue weighted by atomic mass is 10.3. The SMILES string of the molecule is CCC([SiH]1CCCCO1)C(F)(F)F. The molecule has 0 radical (unpaired) electrons. The maximum atomic E-state index is 12.5. The summed E-state index contributed by atoms with van der Waals surface area (Å²) < 4.78 is 42.7. The monoisotopic (exact) mass is 212 g/mol. The van der Waals surface area contributed by atoms with Gasteiger partial charge in [0.25, 0.3) is 0 Å². The Balaban J connectivity index is 2.54. The molecule has 13 heavy (non-hydrogen) atoms. The predicted octanol–water partition coefficient (Wildman–Crippen LogP) is 2.86. The normalized spacial score (nSPS) is 27.2. The Morgan fingerprint density at radius 1 is 1.38 bits per heavy atom. The lowest BCUT2D eigenvalue weighted by Crippen LogP contribution is -2.36. The summed E-state index contributed by atoms with van der Waals surface area (Å²) in [5, 5.41) is 0. The van der Waals surface area contributed by atoms with Gasteiger partial charge in [0.1, 0.15) is 0 Å². The van der Waals surface area contributed by atoms with Crippen molar-refractivity contribution < 1.29 is 17.6 Å². The topological polar surface area (TPSA) is 9.23 Å². The third kappa shape index (κ3) is 2.98. The predicted molar refractivity (Wildman–Crippen MR) is 47.2 cm³/mol. The van der Waals surface area contributed by atoms with Gasteiger partial charge in [-0.3, -0.25) is 0 Å². The molecule has 0 aromatic heterocycles. The van der Waals surface area contributed by atoms with E-state index in [9.17, 15) is 13.2 Å². The summed E-state index contributed by atoms with van der Waals surface area (Å²) in [6.45, 7) is 2.15. The number of alkyl halides is 3. The largest absolute Gasteiger partial charge is 0.419 e. The third-order valence-electron chi connectivity index (χ3n) is 2.52. The first-order chi connectivity index (χ1) is 6.05. The molecule has 0 saturated carbocycles. The van der Waals surface area contributed by atoms with Crippen LogP contribution in [-0.2, 0) is 4.43 Å². The van der Waals surface area contributed by atoms with E-state index in [0.717, 1.165) is 12.8 Å². The highest BCUT2D eigenvalue weighted by atomic mass is 28.3. The molecule has 0 aliphatic carbocycles. The Kier molecular flexibility index (Phi) is 3.79. The third-order valence-corrected chi connectivity index (χ3v) is 5.91. The second-order valence-corrected chi connectivity index (χ2v) is 6.25. The molecule has 0 aromatic rings. The molecule has 0 aromatic carbocycles. The Hall–Kier alpha value is -0.0331. The summed E-state index contributed by atoms with van der Waals surface area (Å²) in [5.41, 5.74) is -1.13. The Morgan fingerprint density at radius 2 is 2.08 bits per heavy atom. The molecule has 0 amide bonds. The molecular formula is C8H15F3OSi. The van der Waals surface area contributed by atoms with E-state index in [1.165, 1.54) is 0 Å². The van der Waals surface area contributed by atoms with E-state index in [2.05, 4.69) is 0 Å². The van der Waals surface area contributed by atoms with Crippen molar-refractivity contribution in [2.75, 3.05) is 6.61 Å². The van der Waals surface area contributed by atoms with Gasteiger partial charge in [-0.1, -0.05) is 13.3 Å². The van der Waals surface area contributed by atoms with Crippen LogP contribution in [-0.4, -0.2) is 21.8 Å². The zero-order valence-electron chi connectivity index (χ0n) is 7.73. The maximum Gasteiger partial charge on any atom is 0.391 e. The molecule has 1 aliphatic heterocycles. The van der Waals surface area contributed by atoms with Crippen molar-refractivity contribution in [2.24, 2.45) is 0 Å². The van der Waals surface area contributed by atoms with Crippen LogP contribution in [0.3, 0.4) is 0 Å². The molecule has 0 bridgehead atoms. The van der Waals surface area contributed by atoms with Gasteiger partial charge in [0.05, 0.1) is 5.54 Å². The van der Waals surface area contributed by atoms with Crippen LogP contribution < -0.4 is 0 Å². The van der Waals surface area contributed by atoms with Crippen molar-refractivity contribution in [3.63, 3.8) is 0 Å². The molecule has 1 nitrogen and oxygen atoms in total. The van der Waals surface area contributed by atoms with Gasteiger partial charge in [0.2, 0.25) is 0 Å². The van der Waals surface area contributed by atoms with Crippen molar-refractivity contribution in [2.45, 2.75) is 43.9 Å². The summed E-state index contributed by atoms with van der Waals surface area (Å²) >= 11 is 0. The summed E-state index contributed by atoms with van der Waals surface area (Å²) in [4.78, 5) is 0. The summed E-state index contributed by atoms with van der Waals surface area (Å²) in [6.07, 6.45) is -2.01. The van der Waals surface area contributed by atoms with Gasteiger partial charge in [-0.2, -0.15) is 13.2 Å². The lowest BCUT2D eigenvalue weighted by Gasteiger charge is -2.29. The average Bonchev–Trinajstić information content (AvgIpc) is 2.05. The Morgan fingerprint density at radius 3 is 2.46 bits per heavy atom. The molecule has 1 heterocycles. The summed E-state index contributed by atoms with van der Waals surface area (Å²) in [6, 6.07) is 0.692. The van der Waals surface area contributed by atoms with Crippen molar-refractivity contribution in [1.82, 2.24) is 0 Å². The Bertz CT molecular complexity index is 154. The van der Waals surface area contributed by atoms with Crippen molar-refractivity contribution >= 4 is 9.04 Å². The Labute approximate surface area is 78.0 Å². The number of hydrogen-bond donors (Lipinski definition) is 0. The van der Waals surface area contributed by atoms with Crippen LogP contribution in [0.4, 0.5) is 13.2 Å². The number of hydrogen-bond acceptors (Lipinski definition) is 1. The smallest absolute Gasteiger partial charge is 0.391 e. The average molecular weight is 212 g/mol. The molecule has 2 unspecified atom stereocenters. The quantitative estimate of drug-likeness (QED) is 0.639. The molecule has 0 N–H and O–H groups in total. The van der Waals surface area contributed by atoms with Gasteiger partial charge in [0.15, 0.2) is 9.04 Å². The molecule has 78 valence electrons. The lowest BCUT2D eigenvalue weighted by molar-refractivity contribution is -0.137. The van der Waals surface area contributed by atoms with Crippen LogP contribution in [0.2, 0.25) is 11.6 Å². The van der Waals surface area contributed by atoms with Crippen LogP contribution in [0.15, 0.2) is 0 Å². The molecule has 0 spiro atoms. The standard InChI is InChI=1S/C8H15F3OSi/c1-2-7(8(9,10)11)13-6-4-3-5-12-13/h7,13H,2-6H2,1H3. The van der Waals surface area contributed by atoms with Crippen LogP contribution in [0.25, 0.3) is 0 Å². The van der Waals surface area contributed by atoms with E-state index in [1.807, 2.05) is 0 Å². The minimum Gasteiger partial charge on any atom is -0.419 e. The second kappa shape index (κ2) is 4.46. The fraction of sp³-hybridized carbons (Fsp3) is 1.00. The fourth-order valence-electron chi connectivity index (χ4n) is 1.79. The van der Waals surface area contributed by atoms with E-state index in [4.69, 9.17) is 4.43 Å². The highest BCUT2D eigenvalue weighted by molar-refractivity contribution is 6.54. The van der Waals surface area contributed by atoms with Crippen LogP contribution in [0.1, 0.15) is 26.2 Å². The van der Waals surface area contributed by atoms with Gasteiger partial charge < -0.3 is 4.43 Å².